The number of rotatable bonds is 3. The van der Waals surface area contributed by atoms with Gasteiger partial charge in [-0.25, -0.2) is 0 Å². The van der Waals surface area contributed by atoms with E-state index in [0.29, 0.717) is 11.3 Å². The molecule has 0 radical (unpaired) electrons. The van der Waals surface area contributed by atoms with Crippen molar-refractivity contribution >= 4 is 17.5 Å². The van der Waals surface area contributed by atoms with Crippen molar-refractivity contribution in [3.05, 3.63) is 29.8 Å². The lowest BCUT2D eigenvalue weighted by Crippen LogP contribution is -2.43. The molecule has 1 aromatic carbocycles. The molecule has 3 N–H and O–H groups in total. The van der Waals surface area contributed by atoms with Crippen LogP contribution in [0.15, 0.2) is 24.3 Å². The van der Waals surface area contributed by atoms with Crippen molar-refractivity contribution < 1.29 is 9.59 Å². The van der Waals surface area contributed by atoms with E-state index in [4.69, 9.17) is 0 Å². The van der Waals surface area contributed by atoms with Crippen molar-refractivity contribution in [1.82, 2.24) is 10.6 Å². The number of hydrogen-bond donors (Lipinski definition) is 3. The topological polar surface area (TPSA) is 70.2 Å². The van der Waals surface area contributed by atoms with Crippen molar-refractivity contribution in [1.29, 1.82) is 0 Å². The lowest BCUT2D eigenvalue weighted by molar-refractivity contribution is -0.118. The van der Waals surface area contributed by atoms with Gasteiger partial charge in [0.2, 0.25) is 5.91 Å². The second-order valence-corrected chi connectivity index (χ2v) is 4.62. The minimum absolute atomic E-state index is 0.0731. The van der Waals surface area contributed by atoms with Crippen LogP contribution in [0.2, 0.25) is 0 Å². The van der Waals surface area contributed by atoms with Crippen molar-refractivity contribution in [3.63, 3.8) is 0 Å². The molecule has 102 valence electrons. The Kier molecular flexibility index (Phi) is 4.52. The molecule has 1 atom stereocenters. The summed E-state index contributed by atoms with van der Waals surface area (Å²) < 4.78 is 0. The summed E-state index contributed by atoms with van der Waals surface area (Å²) in [5.41, 5.74) is 1.04. The summed E-state index contributed by atoms with van der Waals surface area (Å²) in [6, 6.07) is 6.86. The minimum Gasteiger partial charge on any atom is -0.355 e. The summed E-state index contributed by atoms with van der Waals surface area (Å²) in [6.45, 7) is 0.870. The average Bonchev–Trinajstić information content (AvgIpc) is 2.48. The van der Waals surface area contributed by atoms with Crippen LogP contribution in [-0.4, -0.2) is 31.4 Å². The highest BCUT2D eigenvalue weighted by Gasteiger charge is 2.21. The molecule has 5 heteroatoms. The van der Waals surface area contributed by atoms with Gasteiger partial charge in [-0.15, -0.1) is 0 Å². The van der Waals surface area contributed by atoms with Crippen LogP contribution in [0.1, 0.15) is 29.6 Å². The van der Waals surface area contributed by atoms with Crippen LogP contribution in [0.5, 0.6) is 0 Å². The van der Waals surface area contributed by atoms with E-state index in [-0.39, 0.29) is 17.9 Å². The molecule has 0 aromatic heterocycles. The zero-order valence-electron chi connectivity index (χ0n) is 11.0. The fourth-order valence-electron chi connectivity index (χ4n) is 2.22. The molecule has 0 saturated carbocycles. The molecule has 1 saturated heterocycles. The monoisotopic (exact) mass is 261 g/mol. The van der Waals surface area contributed by atoms with Gasteiger partial charge in [0.05, 0.1) is 17.3 Å². The number of carbonyl (C=O) groups excluding carboxylic acids is 2. The number of anilines is 1. The van der Waals surface area contributed by atoms with Gasteiger partial charge in [0.1, 0.15) is 0 Å². The van der Waals surface area contributed by atoms with Crippen molar-refractivity contribution in [2.45, 2.75) is 25.3 Å². The summed E-state index contributed by atoms with van der Waals surface area (Å²) in [6.07, 6.45) is 3.01. The van der Waals surface area contributed by atoms with Gasteiger partial charge in [-0.2, -0.15) is 0 Å². The zero-order chi connectivity index (χ0) is 13.7. The zero-order valence-corrected chi connectivity index (χ0v) is 11.0. The molecule has 5 nitrogen and oxygen atoms in total. The number of carbonyl (C=O) groups is 2. The summed E-state index contributed by atoms with van der Waals surface area (Å²) in [7, 11) is 1.57. The Morgan fingerprint density at radius 3 is 2.74 bits per heavy atom. The standard InChI is InChI=1S/C14H19N3O2/c1-15-13(18)10-6-2-3-7-11(10)17-14(19)12-8-4-5-9-16-12/h2-3,6-7,12,16H,4-5,8-9H2,1H3,(H,15,18)(H,17,19)/t12-/m1/s1. The molecule has 0 bridgehead atoms. The van der Waals surface area contributed by atoms with Crippen molar-refractivity contribution in [2.24, 2.45) is 0 Å². The molecule has 1 aliphatic heterocycles. The van der Waals surface area contributed by atoms with Crippen molar-refractivity contribution in [3.8, 4) is 0 Å². The third kappa shape index (κ3) is 3.32. The van der Waals surface area contributed by atoms with E-state index < -0.39 is 0 Å². The van der Waals surface area contributed by atoms with E-state index >= 15 is 0 Å². The largest absolute Gasteiger partial charge is 0.355 e. The quantitative estimate of drug-likeness (QED) is 0.764. The molecule has 2 amide bonds. The van der Waals surface area contributed by atoms with E-state index in [1.807, 2.05) is 0 Å². The van der Waals surface area contributed by atoms with Gasteiger partial charge in [-0.3, -0.25) is 9.59 Å². The second kappa shape index (κ2) is 6.33. The van der Waals surface area contributed by atoms with E-state index in [9.17, 15) is 9.59 Å². The SMILES string of the molecule is CNC(=O)c1ccccc1NC(=O)[C@H]1CCCCN1. The van der Waals surface area contributed by atoms with Crippen LogP contribution in [0.3, 0.4) is 0 Å². The van der Waals surface area contributed by atoms with Gasteiger partial charge in [-0.05, 0) is 31.5 Å². The number of amides is 2. The molecule has 0 spiro atoms. The summed E-state index contributed by atoms with van der Waals surface area (Å²) >= 11 is 0. The Morgan fingerprint density at radius 2 is 2.05 bits per heavy atom. The summed E-state index contributed by atoms with van der Waals surface area (Å²) in [4.78, 5) is 23.8. The lowest BCUT2D eigenvalue weighted by Gasteiger charge is -2.23. The van der Waals surface area contributed by atoms with Crippen LogP contribution in [-0.2, 0) is 4.79 Å². The average molecular weight is 261 g/mol. The number of nitrogens with one attached hydrogen (secondary N) is 3. The first kappa shape index (κ1) is 13.5. The summed E-state index contributed by atoms with van der Waals surface area (Å²) in [5, 5.41) is 8.59. The maximum Gasteiger partial charge on any atom is 0.253 e. The van der Waals surface area contributed by atoms with Crippen LogP contribution < -0.4 is 16.0 Å². The Morgan fingerprint density at radius 1 is 1.26 bits per heavy atom. The number of benzene rings is 1. The Bertz CT molecular complexity index is 468. The predicted octanol–water partition coefficient (Wildman–Crippen LogP) is 1.13. The van der Waals surface area contributed by atoms with Gasteiger partial charge in [0, 0.05) is 7.05 Å². The van der Waals surface area contributed by atoms with E-state index in [1.54, 1.807) is 31.3 Å². The van der Waals surface area contributed by atoms with Crippen molar-refractivity contribution in [2.75, 3.05) is 18.9 Å². The van der Waals surface area contributed by atoms with Crippen LogP contribution >= 0.6 is 0 Å². The third-order valence-electron chi connectivity index (χ3n) is 3.28. The molecule has 1 aromatic rings. The normalized spacial score (nSPS) is 18.7. The molecule has 0 unspecified atom stereocenters. The number of piperidine rings is 1. The first-order valence-electron chi connectivity index (χ1n) is 6.57. The van der Waals surface area contributed by atoms with Crippen LogP contribution in [0.4, 0.5) is 5.69 Å². The maximum atomic E-state index is 12.1. The molecule has 0 aliphatic carbocycles. The predicted molar refractivity (Wildman–Crippen MR) is 74.1 cm³/mol. The van der Waals surface area contributed by atoms with E-state index in [0.717, 1.165) is 25.8 Å². The fourth-order valence-corrected chi connectivity index (χ4v) is 2.22. The van der Waals surface area contributed by atoms with Gasteiger partial charge in [-0.1, -0.05) is 18.6 Å². The Hall–Kier alpha value is -1.88. The first-order valence-corrected chi connectivity index (χ1v) is 6.57. The highest BCUT2D eigenvalue weighted by molar-refractivity contribution is 6.04. The first-order chi connectivity index (χ1) is 9.22. The third-order valence-corrected chi connectivity index (χ3v) is 3.28. The fraction of sp³-hybridized carbons (Fsp3) is 0.429. The van der Waals surface area contributed by atoms with Crippen LogP contribution in [0, 0.1) is 0 Å². The minimum atomic E-state index is -0.201. The Balaban J connectivity index is 2.09. The van der Waals surface area contributed by atoms with Gasteiger partial charge in [0.25, 0.3) is 5.91 Å². The van der Waals surface area contributed by atoms with E-state index in [1.165, 1.54) is 0 Å². The number of hydrogen-bond acceptors (Lipinski definition) is 3. The highest BCUT2D eigenvalue weighted by Crippen LogP contribution is 2.16. The van der Waals surface area contributed by atoms with E-state index in [2.05, 4.69) is 16.0 Å². The molecule has 2 rings (SSSR count). The Labute approximate surface area is 112 Å². The van der Waals surface area contributed by atoms with Gasteiger partial charge in [0.15, 0.2) is 0 Å². The second-order valence-electron chi connectivity index (χ2n) is 4.62. The summed E-state index contributed by atoms with van der Waals surface area (Å²) in [5.74, 6) is -0.274. The lowest BCUT2D eigenvalue weighted by atomic mass is 10.0. The number of para-hydroxylation sites is 1. The highest BCUT2D eigenvalue weighted by atomic mass is 16.2. The van der Waals surface area contributed by atoms with Gasteiger partial charge < -0.3 is 16.0 Å². The molecule has 1 fully saturated rings. The molecular formula is C14H19N3O2. The maximum absolute atomic E-state index is 12.1. The smallest absolute Gasteiger partial charge is 0.253 e. The molecule has 1 heterocycles. The molecular weight excluding hydrogens is 242 g/mol. The van der Waals surface area contributed by atoms with Crippen LogP contribution in [0.25, 0.3) is 0 Å². The molecule has 1 aliphatic rings. The van der Waals surface area contributed by atoms with Gasteiger partial charge >= 0.3 is 0 Å². The molecule has 19 heavy (non-hydrogen) atoms.